The average molecular weight is 338 g/mol. The zero-order valence-corrected chi connectivity index (χ0v) is 14.2. The minimum atomic E-state index is -0.909. The number of urea groups is 1. The first-order valence-corrected chi connectivity index (χ1v) is 8.55. The van der Waals surface area contributed by atoms with Crippen LogP contribution in [0.5, 0.6) is 0 Å². The van der Waals surface area contributed by atoms with E-state index in [0.29, 0.717) is 6.54 Å². The number of aliphatic carboxylic acids is 1. The van der Waals surface area contributed by atoms with Gasteiger partial charge in [-0.3, -0.25) is 4.79 Å². The maximum atomic E-state index is 12.9. The number of anilines is 1. The number of carbonyl (C=O) groups is 2. The predicted octanol–water partition coefficient (Wildman–Crippen LogP) is 3.86. The topological polar surface area (TPSA) is 69.6 Å². The van der Waals surface area contributed by atoms with Gasteiger partial charge in [-0.05, 0) is 35.6 Å². The summed E-state index contributed by atoms with van der Waals surface area (Å²) in [4.78, 5) is 25.8. The molecule has 2 aromatic rings. The van der Waals surface area contributed by atoms with Crippen LogP contribution in [0.1, 0.15) is 36.1 Å². The van der Waals surface area contributed by atoms with E-state index in [9.17, 15) is 14.7 Å². The second-order valence-electron chi connectivity index (χ2n) is 6.20. The molecule has 2 aromatic carbocycles. The number of benzene rings is 2. The minimum absolute atomic E-state index is 0.0974. The fourth-order valence-corrected chi connectivity index (χ4v) is 3.42. The number of amides is 2. The van der Waals surface area contributed by atoms with Crippen LogP contribution in [0.15, 0.2) is 48.5 Å². The van der Waals surface area contributed by atoms with Crippen LogP contribution >= 0.6 is 0 Å². The molecule has 2 amide bonds. The summed E-state index contributed by atoms with van der Waals surface area (Å²) in [7, 11) is 0. The van der Waals surface area contributed by atoms with E-state index in [-0.39, 0.29) is 12.5 Å². The smallest absolute Gasteiger partial charge is 0.322 e. The fraction of sp³-hybridized carbons (Fsp3) is 0.300. The number of fused-ring (bicyclic) bond motifs is 1. The molecule has 25 heavy (non-hydrogen) atoms. The number of hydrogen-bond acceptors (Lipinski definition) is 2. The standard InChI is InChI=1S/C20H22N2O3/c1-2-14-7-4-6-10-17(14)21-20(25)22-12-11-15-8-3-5-9-16(15)18(22)13-19(23)24/h3-10,18H,2,11-13H2,1H3,(H,21,25)(H,23,24)/t18-/m1/s1. The van der Waals surface area contributed by atoms with Crippen molar-refractivity contribution in [1.29, 1.82) is 0 Å². The van der Waals surface area contributed by atoms with E-state index < -0.39 is 12.0 Å². The van der Waals surface area contributed by atoms with Crippen molar-refractivity contribution in [3.63, 3.8) is 0 Å². The van der Waals surface area contributed by atoms with Gasteiger partial charge in [-0.15, -0.1) is 0 Å². The van der Waals surface area contributed by atoms with Crippen LogP contribution in [0.25, 0.3) is 0 Å². The van der Waals surface area contributed by atoms with Gasteiger partial charge < -0.3 is 15.3 Å². The number of carboxylic acids is 1. The molecule has 5 nitrogen and oxygen atoms in total. The second kappa shape index (κ2) is 7.38. The van der Waals surface area contributed by atoms with Gasteiger partial charge in [-0.25, -0.2) is 4.79 Å². The van der Waals surface area contributed by atoms with Gasteiger partial charge in [0.15, 0.2) is 0 Å². The molecule has 1 aliphatic heterocycles. The number of para-hydroxylation sites is 1. The van der Waals surface area contributed by atoms with E-state index in [2.05, 4.69) is 5.32 Å². The second-order valence-corrected chi connectivity index (χ2v) is 6.20. The Morgan fingerprint density at radius 1 is 1.16 bits per heavy atom. The third kappa shape index (κ3) is 3.65. The number of nitrogens with one attached hydrogen (secondary N) is 1. The van der Waals surface area contributed by atoms with Crippen molar-refractivity contribution in [3.8, 4) is 0 Å². The van der Waals surface area contributed by atoms with Crippen molar-refractivity contribution >= 4 is 17.7 Å². The molecule has 1 heterocycles. The van der Waals surface area contributed by atoms with Crippen molar-refractivity contribution in [2.24, 2.45) is 0 Å². The molecular formula is C20H22N2O3. The maximum Gasteiger partial charge on any atom is 0.322 e. The monoisotopic (exact) mass is 338 g/mol. The molecule has 2 N–H and O–H groups in total. The van der Waals surface area contributed by atoms with Crippen molar-refractivity contribution in [2.75, 3.05) is 11.9 Å². The van der Waals surface area contributed by atoms with Crippen LogP contribution < -0.4 is 5.32 Å². The van der Waals surface area contributed by atoms with Gasteiger partial charge in [0, 0.05) is 12.2 Å². The van der Waals surface area contributed by atoms with Gasteiger partial charge in [0.1, 0.15) is 0 Å². The Morgan fingerprint density at radius 3 is 2.64 bits per heavy atom. The average Bonchev–Trinajstić information content (AvgIpc) is 2.62. The molecule has 1 atom stereocenters. The molecule has 3 rings (SSSR count). The molecule has 0 unspecified atom stereocenters. The normalized spacial score (nSPS) is 16.2. The van der Waals surface area contributed by atoms with Gasteiger partial charge >= 0.3 is 12.0 Å². The van der Waals surface area contributed by atoms with Crippen LogP contribution in [-0.4, -0.2) is 28.6 Å². The summed E-state index contributed by atoms with van der Waals surface area (Å²) in [5, 5.41) is 12.3. The molecule has 0 bridgehead atoms. The fourth-order valence-electron chi connectivity index (χ4n) is 3.42. The molecular weight excluding hydrogens is 316 g/mol. The van der Waals surface area contributed by atoms with Crippen molar-refractivity contribution in [1.82, 2.24) is 4.90 Å². The van der Waals surface area contributed by atoms with E-state index >= 15 is 0 Å². The van der Waals surface area contributed by atoms with Gasteiger partial charge in [0.25, 0.3) is 0 Å². The van der Waals surface area contributed by atoms with Crippen molar-refractivity contribution < 1.29 is 14.7 Å². The molecule has 0 aromatic heterocycles. The third-order valence-corrected chi connectivity index (χ3v) is 4.68. The van der Waals surface area contributed by atoms with E-state index in [1.807, 2.05) is 55.5 Å². The van der Waals surface area contributed by atoms with Crippen LogP contribution in [0, 0.1) is 0 Å². The van der Waals surface area contributed by atoms with Crippen molar-refractivity contribution in [3.05, 3.63) is 65.2 Å². The first kappa shape index (κ1) is 17.0. The van der Waals surface area contributed by atoms with E-state index in [0.717, 1.165) is 35.2 Å². The first-order valence-electron chi connectivity index (χ1n) is 8.55. The zero-order valence-electron chi connectivity index (χ0n) is 14.2. The summed E-state index contributed by atoms with van der Waals surface area (Å²) in [6.45, 7) is 2.55. The Kier molecular flexibility index (Phi) is 5.03. The number of rotatable bonds is 4. The van der Waals surface area contributed by atoms with E-state index in [1.54, 1.807) is 4.90 Å². The van der Waals surface area contributed by atoms with Crippen LogP contribution in [0.4, 0.5) is 10.5 Å². The quantitative estimate of drug-likeness (QED) is 0.889. The molecule has 0 spiro atoms. The van der Waals surface area contributed by atoms with Crippen LogP contribution in [-0.2, 0) is 17.6 Å². The molecule has 0 fully saturated rings. The number of nitrogens with zero attached hydrogens (tertiary/aromatic N) is 1. The highest BCUT2D eigenvalue weighted by atomic mass is 16.4. The molecule has 5 heteroatoms. The van der Waals surface area contributed by atoms with E-state index in [1.165, 1.54) is 0 Å². The Bertz CT molecular complexity index is 788. The van der Waals surface area contributed by atoms with Gasteiger partial charge in [0.05, 0.1) is 12.5 Å². The largest absolute Gasteiger partial charge is 0.481 e. The van der Waals surface area contributed by atoms with Gasteiger partial charge in [0.2, 0.25) is 0 Å². The lowest BCUT2D eigenvalue weighted by atomic mass is 9.91. The predicted molar refractivity (Wildman–Crippen MR) is 96.7 cm³/mol. The van der Waals surface area contributed by atoms with Gasteiger partial charge in [-0.1, -0.05) is 49.4 Å². The summed E-state index contributed by atoms with van der Waals surface area (Å²) in [6.07, 6.45) is 1.45. The Hall–Kier alpha value is -2.82. The highest BCUT2D eigenvalue weighted by Gasteiger charge is 2.32. The molecule has 1 aliphatic rings. The molecule has 130 valence electrons. The first-order chi connectivity index (χ1) is 12.1. The summed E-state index contributed by atoms with van der Waals surface area (Å²) in [6, 6.07) is 14.8. The molecule has 0 aliphatic carbocycles. The summed E-state index contributed by atoms with van der Waals surface area (Å²) < 4.78 is 0. The number of carbonyl (C=O) groups excluding carboxylic acids is 1. The summed E-state index contributed by atoms with van der Waals surface area (Å²) in [5.41, 5.74) is 3.88. The van der Waals surface area contributed by atoms with Crippen molar-refractivity contribution in [2.45, 2.75) is 32.2 Å². The van der Waals surface area contributed by atoms with Crippen LogP contribution in [0.2, 0.25) is 0 Å². The molecule has 0 saturated heterocycles. The lowest BCUT2D eigenvalue weighted by molar-refractivity contribution is -0.138. The lowest BCUT2D eigenvalue weighted by Gasteiger charge is -2.36. The SMILES string of the molecule is CCc1ccccc1NC(=O)N1CCc2ccccc2[C@H]1CC(=O)O. The number of carboxylic acid groups (broad SMARTS) is 1. The Balaban J connectivity index is 1.87. The van der Waals surface area contributed by atoms with E-state index in [4.69, 9.17) is 0 Å². The summed E-state index contributed by atoms with van der Waals surface area (Å²) in [5.74, 6) is -0.909. The Morgan fingerprint density at radius 2 is 1.88 bits per heavy atom. The van der Waals surface area contributed by atoms with Gasteiger partial charge in [-0.2, -0.15) is 0 Å². The number of aryl methyl sites for hydroxylation is 1. The van der Waals surface area contributed by atoms with Crippen LogP contribution in [0.3, 0.4) is 0 Å². The molecule has 0 saturated carbocycles. The maximum absolute atomic E-state index is 12.9. The minimum Gasteiger partial charge on any atom is -0.481 e. The lowest BCUT2D eigenvalue weighted by Crippen LogP contribution is -2.43. The highest BCUT2D eigenvalue weighted by molar-refractivity contribution is 5.91. The zero-order chi connectivity index (χ0) is 17.8. The molecule has 0 radical (unpaired) electrons. The third-order valence-electron chi connectivity index (χ3n) is 4.68. The number of hydrogen-bond donors (Lipinski definition) is 2. The Labute approximate surface area is 147 Å². The summed E-state index contributed by atoms with van der Waals surface area (Å²) >= 11 is 0. The highest BCUT2D eigenvalue weighted by Crippen LogP contribution is 2.33.